The molecule has 0 spiro atoms. The molecule has 0 bridgehead atoms. The number of ether oxygens (including phenoxy) is 3. The summed E-state index contributed by atoms with van der Waals surface area (Å²) in [6, 6.07) is 5.53. The van der Waals surface area contributed by atoms with Gasteiger partial charge in [-0.1, -0.05) is 6.07 Å². The molecule has 204 valence electrons. The normalized spacial score (nSPS) is 27.0. The van der Waals surface area contributed by atoms with Crippen molar-refractivity contribution in [3.05, 3.63) is 57.4 Å². The van der Waals surface area contributed by atoms with Gasteiger partial charge in [0.15, 0.2) is 18.0 Å². The quantitative estimate of drug-likeness (QED) is 0.295. The number of benzene rings is 1. The summed E-state index contributed by atoms with van der Waals surface area (Å²) in [6.45, 7) is 4.65. The number of aliphatic hydroxyl groups is 1. The minimum absolute atomic E-state index is 0.00221. The standard InChI is InChI=1S/C22H28F2N3O9P/c1-12(2)34-17(29)13(3)26-37(32)36-15-7-5-6-14(10-15)33-11-22(24)18(30)21(4,23)19(35-22)27-9-8-16(28)25-20(27)31/h5-10,12-13,18-19,30,37H,11H2,1-4H3,(H,26,32)(H,25,28,31)/t13-,18-,19+,21+,22+/m0/s1. The van der Waals surface area contributed by atoms with Crippen molar-refractivity contribution in [3.63, 3.8) is 0 Å². The molecular formula is C22H28F2N3O9P. The Labute approximate surface area is 210 Å². The first kappa shape index (κ1) is 28.5. The number of esters is 1. The van der Waals surface area contributed by atoms with Crippen LogP contribution in [0, 0.1) is 0 Å². The summed E-state index contributed by atoms with van der Waals surface area (Å²) in [5.74, 6) is -3.65. The second-order valence-electron chi connectivity index (χ2n) is 8.83. The molecule has 1 aromatic carbocycles. The first-order valence-corrected chi connectivity index (χ1v) is 12.5. The van der Waals surface area contributed by atoms with Crippen LogP contribution < -0.4 is 25.6 Å². The maximum Gasteiger partial charge on any atom is 0.330 e. The molecule has 1 aliphatic heterocycles. The SMILES string of the molecule is CC(C)OC(=O)[C@H](C)N[PH](=O)Oc1cccc(OC[C@@]2(F)O[C@@H](n3ccc(=O)[nH]c3=O)[C@](C)(F)[C@@H]2O)c1. The molecule has 1 aromatic heterocycles. The number of nitrogens with one attached hydrogen (secondary N) is 2. The van der Waals surface area contributed by atoms with E-state index in [9.17, 15) is 24.1 Å². The maximum absolute atomic E-state index is 15.5. The number of nitrogens with zero attached hydrogens (tertiary/aromatic N) is 1. The number of carbonyl (C=O) groups excluding carboxylic acids is 1. The van der Waals surface area contributed by atoms with Crippen LogP contribution in [0.2, 0.25) is 0 Å². The summed E-state index contributed by atoms with van der Waals surface area (Å²) in [5.41, 5.74) is -4.58. The largest absolute Gasteiger partial charge is 0.487 e. The number of aromatic nitrogens is 2. The Bertz CT molecular complexity index is 1270. The van der Waals surface area contributed by atoms with Crippen molar-refractivity contribution in [1.29, 1.82) is 0 Å². The molecule has 1 aliphatic rings. The molecule has 0 aliphatic carbocycles. The summed E-state index contributed by atoms with van der Waals surface area (Å²) in [7, 11) is -2.95. The van der Waals surface area contributed by atoms with E-state index in [2.05, 4.69) is 5.09 Å². The second kappa shape index (κ2) is 11.1. The molecule has 12 nitrogen and oxygen atoms in total. The van der Waals surface area contributed by atoms with Gasteiger partial charge in [-0.25, -0.2) is 18.7 Å². The van der Waals surface area contributed by atoms with Gasteiger partial charge in [0.1, 0.15) is 24.1 Å². The number of H-pyrrole nitrogens is 1. The van der Waals surface area contributed by atoms with Crippen molar-refractivity contribution in [2.45, 2.75) is 63.7 Å². The van der Waals surface area contributed by atoms with E-state index in [4.69, 9.17) is 18.7 Å². The van der Waals surface area contributed by atoms with Gasteiger partial charge < -0.3 is 23.8 Å². The maximum atomic E-state index is 15.5. The van der Waals surface area contributed by atoms with Gasteiger partial charge in [0.2, 0.25) is 0 Å². The van der Waals surface area contributed by atoms with Crippen LogP contribution in [0.3, 0.4) is 0 Å². The van der Waals surface area contributed by atoms with E-state index >= 15 is 8.78 Å². The molecule has 6 atom stereocenters. The summed E-state index contributed by atoms with van der Waals surface area (Å²) in [4.78, 5) is 37.1. The molecule has 1 unspecified atom stereocenters. The Morgan fingerprint density at radius 2 is 1.95 bits per heavy atom. The average molecular weight is 547 g/mol. The second-order valence-corrected chi connectivity index (χ2v) is 9.90. The van der Waals surface area contributed by atoms with Crippen LogP contribution in [0.15, 0.2) is 46.1 Å². The fourth-order valence-electron chi connectivity index (χ4n) is 3.49. The monoisotopic (exact) mass is 547 g/mol. The number of carbonyl (C=O) groups is 1. The molecule has 2 aromatic rings. The fourth-order valence-corrected chi connectivity index (χ4v) is 4.36. The highest BCUT2D eigenvalue weighted by Gasteiger charge is 2.65. The van der Waals surface area contributed by atoms with Gasteiger partial charge in [-0.3, -0.25) is 23.7 Å². The summed E-state index contributed by atoms with van der Waals surface area (Å²) in [5, 5.41) is 12.8. The molecule has 0 amide bonds. The predicted molar refractivity (Wildman–Crippen MR) is 126 cm³/mol. The lowest BCUT2D eigenvalue weighted by Crippen LogP contribution is -2.48. The summed E-state index contributed by atoms with van der Waals surface area (Å²) >= 11 is 0. The fraction of sp³-hybridized carbons (Fsp3) is 0.500. The van der Waals surface area contributed by atoms with Gasteiger partial charge in [0.25, 0.3) is 11.4 Å². The smallest absolute Gasteiger partial charge is 0.330 e. The number of hydrogen-bond donors (Lipinski definition) is 3. The number of alkyl halides is 2. The summed E-state index contributed by atoms with van der Waals surface area (Å²) < 4.78 is 64.4. The van der Waals surface area contributed by atoms with Gasteiger partial charge in [-0.05, 0) is 39.8 Å². The van der Waals surface area contributed by atoms with Gasteiger partial charge in [-0.15, -0.1) is 0 Å². The zero-order chi connectivity index (χ0) is 27.5. The predicted octanol–water partition coefficient (Wildman–Crippen LogP) is 1.60. The van der Waals surface area contributed by atoms with E-state index < -0.39 is 61.9 Å². The topological polar surface area (TPSA) is 158 Å². The Kier molecular flexibility index (Phi) is 8.58. The molecule has 37 heavy (non-hydrogen) atoms. The molecule has 0 saturated carbocycles. The number of halogens is 2. The van der Waals surface area contributed by atoms with Crippen molar-refractivity contribution >= 4 is 14.1 Å². The van der Waals surface area contributed by atoms with Crippen molar-refractivity contribution in [3.8, 4) is 11.5 Å². The van der Waals surface area contributed by atoms with E-state index in [1.807, 2.05) is 4.98 Å². The Morgan fingerprint density at radius 3 is 2.59 bits per heavy atom. The van der Waals surface area contributed by atoms with Crippen LogP contribution in [0.1, 0.15) is 33.9 Å². The molecule has 1 fully saturated rings. The van der Waals surface area contributed by atoms with Crippen LogP contribution in [0.4, 0.5) is 8.78 Å². The first-order chi connectivity index (χ1) is 17.2. The Hall–Kier alpha value is -3.06. The van der Waals surface area contributed by atoms with Crippen LogP contribution in [-0.4, -0.2) is 57.0 Å². The van der Waals surface area contributed by atoms with Gasteiger partial charge >= 0.3 is 19.8 Å². The number of aromatic amines is 1. The third-order valence-corrected chi connectivity index (χ3v) is 6.42. The van der Waals surface area contributed by atoms with Crippen LogP contribution in [0.25, 0.3) is 0 Å². The highest BCUT2D eigenvalue weighted by atomic mass is 31.1. The lowest BCUT2D eigenvalue weighted by molar-refractivity contribution is -0.203. The number of hydrogen-bond acceptors (Lipinski definition) is 9. The van der Waals surface area contributed by atoms with Gasteiger partial charge in [-0.2, -0.15) is 0 Å². The molecule has 1 saturated heterocycles. The van der Waals surface area contributed by atoms with E-state index in [1.165, 1.54) is 31.2 Å². The summed E-state index contributed by atoms with van der Waals surface area (Å²) in [6.07, 6.45) is -3.70. The van der Waals surface area contributed by atoms with E-state index in [1.54, 1.807) is 13.8 Å². The zero-order valence-electron chi connectivity index (χ0n) is 20.4. The van der Waals surface area contributed by atoms with E-state index in [0.29, 0.717) is 4.57 Å². The number of aliphatic hydroxyl groups excluding tert-OH is 1. The molecule has 3 N–H and O–H groups in total. The Morgan fingerprint density at radius 1 is 1.27 bits per heavy atom. The third kappa shape index (κ3) is 6.63. The zero-order valence-corrected chi connectivity index (χ0v) is 21.4. The lowest BCUT2D eigenvalue weighted by atomic mass is 9.97. The van der Waals surface area contributed by atoms with Crippen LogP contribution in [0.5, 0.6) is 11.5 Å². The number of rotatable bonds is 10. The highest BCUT2D eigenvalue weighted by molar-refractivity contribution is 7.37. The minimum Gasteiger partial charge on any atom is -0.487 e. The highest BCUT2D eigenvalue weighted by Crippen LogP contribution is 2.47. The van der Waals surface area contributed by atoms with E-state index in [-0.39, 0.29) is 17.6 Å². The molecule has 2 heterocycles. The van der Waals surface area contributed by atoms with Gasteiger partial charge in [0, 0.05) is 18.3 Å². The molecule has 15 heteroatoms. The third-order valence-electron chi connectivity index (χ3n) is 5.33. The molecule has 0 radical (unpaired) electrons. The van der Waals surface area contributed by atoms with Crippen molar-refractivity contribution < 1.29 is 42.0 Å². The van der Waals surface area contributed by atoms with Crippen LogP contribution in [-0.2, 0) is 18.8 Å². The molecular weight excluding hydrogens is 519 g/mol. The minimum atomic E-state index is -3.08. The van der Waals surface area contributed by atoms with Gasteiger partial charge in [0.05, 0.1) is 6.10 Å². The van der Waals surface area contributed by atoms with Crippen molar-refractivity contribution in [2.24, 2.45) is 0 Å². The van der Waals surface area contributed by atoms with Crippen molar-refractivity contribution in [1.82, 2.24) is 14.6 Å². The van der Waals surface area contributed by atoms with E-state index in [0.717, 1.165) is 19.2 Å². The molecule has 3 rings (SSSR count). The average Bonchev–Trinajstić information content (AvgIpc) is 2.98. The van der Waals surface area contributed by atoms with Crippen molar-refractivity contribution in [2.75, 3.05) is 6.61 Å². The van der Waals surface area contributed by atoms with Crippen LogP contribution >= 0.6 is 8.18 Å². The Balaban J connectivity index is 1.66. The lowest BCUT2D eigenvalue weighted by Gasteiger charge is -2.25. The first-order valence-electron chi connectivity index (χ1n) is 11.2.